The number of H-pyrrole nitrogens is 1. The number of hydrogen-bond acceptors (Lipinski definition) is 5. The first-order chi connectivity index (χ1) is 16.4. The second kappa shape index (κ2) is 8.75. The van der Waals surface area contributed by atoms with E-state index >= 15 is 0 Å². The van der Waals surface area contributed by atoms with Crippen LogP contribution in [0, 0.1) is 5.92 Å². The molecule has 3 amide bonds. The highest BCUT2D eigenvalue weighted by Gasteiger charge is 2.43. The molecule has 1 aliphatic carbocycles. The Hall–Kier alpha value is -3.98. The second-order valence-electron chi connectivity index (χ2n) is 8.97. The van der Waals surface area contributed by atoms with Gasteiger partial charge < -0.3 is 20.5 Å². The molecule has 2 heterocycles. The summed E-state index contributed by atoms with van der Waals surface area (Å²) in [5, 5.41) is 10.4. The van der Waals surface area contributed by atoms with Crippen molar-refractivity contribution in [2.24, 2.45) is 11.0 Å². The van der Waals surface area contributed by atoms with Gasteiger partial charge in [-0.2, -0.15) is 5.10 Å². The zero-order valence-corrected chi connectivity index (χ0v) is 19.0. The molecule has 174 valence electrons. The number of benzene rings is 2. The highest BCUT2D eigenvalue weighted by Crippen LogP contribution is 2.48. The van der Waals surface area contributed by atoms with Gasteiger partial charge in [0.2, 0.25) is 5.91 Å². The fourth-order valence-corrected chi connectivity index (χ4v) is 4.40. The highest BCUT2D eigenvalue weighted by atomic mass is 16.2. The molecule has 0 saturated heterocycles. The minimum absolute atomic E-state index is 0.0842. The number of nitrogens with zero attached hydrogens (tertiary/aromatic N) is 2. The summed E-state index contributed by atoms with van der Waals surface area (Å²) in [6, 6.07) is 13.4. The van der Waals surface area contributed by atoms with Gasteiger partial charge in [0.1, 0.15) is 5.69 Å². The summed E-state index contributed by atoms with van der Waals surface area (Å²) in [5.74, 6) is -0.666. The largest absolute Gasteiger partial charge is 0.350 e. The molecule has 2 atom stereocenters. The molecule has 0 unspecified atom stereocenters. The van der Waals surface area contributed by atoms with Crippen LogP contribution in [0.25, 0.3) is 10.9 Å². The van der Waals surface area contributed by atoms with E-state index in [4.69, 9.17) is 0 Å². The summed E-state index contributed by atoms with van der Waals surface area (Å²) < 4.78 is 0. The maximum atomic E-state index is 12.9. The Labute approximate surface area is 196 Å². The Bertz CT molecular complexity index is 1310. The molecular weight excluding hydrogens is 432 g/mol. The number of aromatic amines is 1. The summed E-state index contributed by atoms with van der Waals surface area (Å²) in [6.45, 7) is 1.18. The fourth-order valence-electron chi connectivity index (χ4n) is 4.40. The average Bonchev–Trinajstić information content (AvgIpc) is 3.56. The number of carbonyl (C=O) groups is 3. The minimum Gasteiger partial charge on any atom is -0.350 e. The van der Waals surface area contributed by atoms with Crippen LogP contribution in [0.5, 0.6) is 0 Å². The molecule has 1 aromatic heterocycles. The van der Waals surface area contributed by atoms with E-state index in [1.54, 1.807) is 12.1 Å². The summed E-state index contributed by atoms with van der Waals surface area (Å²) in [4.78, 5) is 43.5. The topological polar surface area (TPSA) is 119 Å². The molecule has 9 nitrogen and oxygen atoms in total. The monoisotopic (exact) mass is 458 g/mol. The lowest BCUT2D eigenvalue weighted by molar-refractivity contribution is -0.117. The molecule has 2 aliphatic rings. The van der Waals surface area contributed by atoms with Crippen molar-refractivity contribution < 1.29 is 14.4 Å². The van der Waals surface area contributed by atoms with E-state index in [0.29, 0.717) is 46.5 Å². The van der Waals surface area contributed by atoms with Crippen molar-refractivity contribution in [3.63, 3.8) is 0 Å². The first-order valence-electron chi connectivity index (χ1n) is 11.2. The van der Waals surface area contributed by atoms with Crippen LogP contribution in [0.3, 0.4) is 0 Å². The lowest BCUT2D eigenvalue weighted by Gasteiger charge is -2.10. The van der Waals surface area contributed by atoms with E-state index < -0.39 is 5.91 Å². The highest BCUT2D eigenvalue weighted by molar-refractivity contribution is 6.19. The van der Waals surface area contributed by atoms with Crippen LogP contribution >= 0.6 is 0 Å². The van der Waals surface area contributed by atoms with Gasteiger partial charge in [-0.1, -0.05) is 30.3 Å². The minimum atomic E-state index is -0.400. The van der Waals surface area contributed by atoms with Crippen molar-refractivity contribution in [1.29, 1.82) is 0 Å². The standard InChI is InChI=1S/C25H26N6O3/c1-31(2)9-8-26-25(34)22-19-13-27-30-24(33)18-10-15(11-20(29-22)21(18)19)28-23(32)17-12-16(17)14-6-4-3-5-7-14/h3-7,10-11,13,16-17,29H,8-9,12H2,1-2H3,(H,26,34)(H,28,32)(H,30,33)/t16-,17+/m0/s1. The number of aromatic nitrogens is 1. The molecule has 0 radical (unpaired) electrons. The van der Waals surface area contributed by atoms with E-state index in [9.17, 15) is 14.4 Å². The number of hydrazone groups is 1. The van der Waals surface area contributed by atoms with E-state index in [1.165, 1.54) is 6.21 Å². The van der Waals surface area contributed by atoms with Crippen molar-refractivity contribution in [1.82, 2.24) is 20.6 Å². The van der Waals surface area contributed by atoms with Crippen LogP contribution in [0.2, 0.25) is 0 Å². The van der Waals surface area contributed by atoms with Gasteiger partial charge in [0, 0.05) is 41.2 Å². The predicted octanol–water partition coefficient (Wildman–Crippen LogP) is 2.28. The van der Waals surface area contributed by atoms with Crippen molar-refractivity contribution in [3.05, 3.63) is 64.8 Å². The van der Waals surface area contributed by atoms with Crippen molar-refractivity contribution in [2.75, 3.05) is 32.5 Å². The third-order valence-corrected chi connectivity index (χ3v) is 6.24. The Kier molecular flexibility index (Phi) is 5.62. The summed E-state index contributed by atoms with van der Waals surface area (Å²) in [7, 11) is 3.86. The zero-order chi connectivity index (χ0) is 23.8. The SMILES string of the molecule is CN(C)CCNC(=O)c1[nH]c2cc(NC(=O)[C@@H]3C[C@H]3c3ccccc3)cc3c2c1C=NNC3=O. The van der Waals surface area contributed by atoms with E-state index in [1.807, 2.05) is 49.3 Å². The maximum absolute atomic E-state index is 12.9. The smallest absolute Gasteiger partial charge is 0.272 e. The number of carbonyl (C=O) groups excluding carboxylic acids is 3. The van der Waals surface area contributed by atoms with Gasteiger partial charge in [-0.05, 0) is 44.1 Å². The molecule has 34 heavy (non-hydrogen) atoms. The Morgan fingerprint density at radius 2 is 1.97 bits per heavy atom. The Morgan fingerprint density at radius 1 is 1.18 bits per heavy atom. The molecule has 1 fully saturated rings. The molecular formula is C25H26N6O3. The maximum Gasteiger partial charge on any atom is 0.272 e. The Balaban J connectivity index is 1.42. The van der Waals surface area contributed by atoms with Gasteiger partial charge in [-0.15, -0.1) is 0 Å². The molecule has 4 N–H and O–H groups in total. The van der Waals surface area contributed by atoms with Crippen LogP contribution in [-0.4, -0.2) is 61.0 Å². The zero-order valence-electron chi connectivity index (χ0n) is 19.0. The molecule has 1 saturated carbocycles. The van der Waals surface area contributed by atoms with Crippen LogP contribution < -0.4 is 16.1 Å². The number of rotatable bonds is 7. The summed E-state index contributed by atoms with van der Waals surface area (Å²) >= 11 is 0. The second-order valence-corrected chi connectivity index (χ2v) is 8.97. The van der Waals surface area contributed by atoms with Crippen molar-refractivity contribution in [2.45, 2.75) is 12.3 Å². The predicted molar refractivity (Wildman–Crippen MR) is 130 cm³/mol. The Morgan fingerprint density at radius 3 is 2.74 bits per heavy atom. The average molecular weight is 459 g/mol. The van der Waals surface area contributed by atoms with Gasteiger partial charge >= 0.3 is 0 Å². The molecule has 2 aromatic carbocycles. The molecule has 1 aliphatic heterocycles. The van der Waals surface area contributed by atoms with Gasteiger partial charge in [-0.3, -0.25) is 14.4 Å². The molecule has 5 rings (SSSR count). The molecule has 3 aromatic rings. The van der Waals surface area contributed by atoms with E-state index in [-0.39, 0.29) is 23.7 Å². The normalized spacial score (nSPS) is 18.5. The van der Waals surface area contributed by atoms with E-state index in [0.717, 1.165) is 12.0 Å². The number of nitrogens with one attached hydrogen (secondary N) is 4. The molecule has 9 heteroatoms. The van der Waals surface area contributed by atoms with Gasteiger partial charge in [0.25, 0.3) is 11.8 Å². The molecule has 0 spiro atoms. The van der Waals surface area contributed by atoms with Crippen LogP contribution in [-0.2, 0) is 4.79 Å². The first-order valence-corrected chi connectivity index (χ1v) is 11.2. The van der Waals surface area contributed by atoms with E-state index in [2.05, 4.69) is 26.1 Å². The summed E-state index contributed by atoms with van der Waals surface area (Å²) in [6.07, 6.45) is 2.27. The third-order valence-electron chi connectivity index (χ3n) is 6.24. The molecule has 0 bridgehead atoms. The summed E-state index contributed by atoms with van der Waals surface area (Å²) in [5.41, 5.74) is 5.91. The lowest BCUT2D eigenvalue weighted by atomic mass is 10.0. The number of anilines is 1. The van der Waals surface area contributed by atoms with Crippen LogP contribution in [0.4, 0.5) is 5.69 Å². The number of hydrogen-bond donors (Lipinski definition) is 4. The fraction of sp³-hybridized carbons (Fsp3) is 0.280. The third kappa shape index (κ3) is 4.17. The van der Waals surface area contributed by atoms with Gasteiger partial charge in [-0.25, -0.2) is 5.43 Å². The lowest BCUT2D eigenvalue weighted by Crippen LogP contribution is -2.32. The first kappa shape index (κ1) is 21.8. The number of amides is 3. The van der Waals surface area contributed by atoms with Crippen molar-refractivity contribution >= 4 is 40.5 Å². The van der Waals surface area contributed by atoms with Gasteiger partial charge in [0.05, 0.1) is 11.8 Å². The van der Waals surface area contributed by atoms with Crippen molar-refractivity contribution in [3.8, 4) is 0 Å². The van der Waals surface area contributed by atoms with Crippen LogP contribution in [0.1, 0.15) is 44.3 Å². The quantitative estimate of drug-likeness (QED) is 0.434. The van der Waals surface area contributed by atoms with Crippen LogP contribution in [0.15, 0.2) is 47.6 Å². The van der Waals surface area contributed by atoms with Gasteiger partial charge in [0.15, 0.2) is 0 Å². The number of likely N-dealkylation sites (N-methyl/N-ethyl adjacent to an activating group) is 1.